The molecule has 2 aliphatic heterocycles. The second kappa shape index (κ2) is 10.3. The predicted octanol–water partition coefficient (Wildman–Crippen LogP) is 2.60. The van der Waals surface area contributed by atoms with Crippen LogP contribution < -0.4 is 5.32 Å². The van der Waals surface area contributed by atoms with Crippen molar-refractivity contribution < 1.29 is 22.7 Å². The van der Waals surface area contributed by atoms with E-state index < -0.39 is 10.0 Å². The van der Waals surface area contributed by atoms with E-state index in [-0.39, 0.29) is 22.9 Å². The largest absolute Gasteiger partial charge is 0.450 e. The van der Waals surface area contributed by atoms with Crippen LogP contribution in [0.25, 0.3) is 0 Å². The molecule has 9 heteroatoms. The zero-order chi connectivity index (χ0) is 21.6. The Morgan fingerprint density at radius 2 is 1.73 bits per heavy atom. The smallest absolute Gasteiger partial charge is 0.409 e. The third-order valence-corrected chi connectivity index (χ3v) is 7.55. The summed E-state index contributed by atoms with van der Waals surface area (Å²) in [6.07, 6.45) is 4.77. The first kappa shape index (κ1) is 22.6. The van der Waals surface area contributed by atoms with Gasteiger partial charge in [-0.05, 0) is 50.8 Å². The first-order chi connectivity index (χ1) is 14.4. The van der Waals surface area contributed by atoms with Crippen molar-refractivity contribution in [2.75, 3.05) is 32.8 Å². The first-order valence-corrected chi connectivity index (χ1v) is 12.2. The van der Waals surface area contributed by atoms with Gasteiger partial charge in [-0.2, -0.15) is 4.31 Å². The topological polar surface area (TPSA) is 96.0 Å². The Balaban J connectivity index is 1.62. The van der Waals surface area contributed by atoms with E-state index in [1.807, 2.05) is 0 Å². The number of ether oxygens (including phenoxy) is 1. The number of carbonyl (C=O) groups is 2. The van der Waals surface area contributed by atoms with Gasteiger partial charge in [-0.1, -0.05) is 18.9 Å². The summed E-state index contributed by atoms with van der Waals surface area (Å²) in [5, 5.41) is 2.97. The van der Waals surface area contributed by atoms with Crippen LogP contribution in [0.1, 0.15) is 55.8 Å². The number of hydrogen-bond donors (Lipinski definition) is 1. The van der Waals surface area contributed by atoms with Crippen molar-refractivity contribution in [3.05, 3.63) is 29.8 Å². The SMILES string of the molecule is CCOC(=O)N1CCC(NC(=O)c2cccc(S(=O)(=O)N3CCCCCC3)c2)CC1. The number of nitrogens with zero attached hydrogens (tertiary/aromatic N) is 2. The number of piperidine rings is 1. The van der Waals surface area contributed by atoms with Gasteiger partial charge in [0.05, 0.1) is 11.5 Å². The van der Waals surface area contributed by atoms with Gasteiger partial charge >= 0.3 is 6.09 Å². The van der Waals surface area contributed by atoms with Crippen molar-refractivity contribution in [3.8, 4) is 0 Å². The Hall–Kier alpha value is -2.13. The third-order valence-electron chi connectivity index (χ3n) is 5.66. The van der Waals surface area contributed by atoms with Gasteiger partial charge in [0.25, 0.3) is 5.91 Å². The number of rotatable bonds is 5. The molecule has 0 unspecified atom stereocenters. The number of hydrogen-bond acceptors (Lipinski definition) is 5. The van der Waals surface area contributed by atoms with Gasteiger partial charge in [-0.15, -0.1) is 0 Å². The van der Waals surface area contributed by atoms with Gasteiger partial charge in [-0.25, -0.2) is 13.2 Å². The lowest BCUT2D eigenvalue weighted by atomic mass is 10.0. The molecule has 0 bridgehead atoms. The molecule has 3 rings (SSSR count). The number of benzene rings is 1. The predicted molar refractivity (Wildman–Crippen MR) is 113 cm³/mol. The number of sulfonamides is 1. The molecule has 0 aromatic heterocycles. The van der Waals surface area contributed by atoms with Crippen LogP contribution >= 0.6 is 0 Å². The summed E-state index contributed by atoms with van der Waals surface area (Å²) in [4.78, 5) is 26.3. The summed E-state index contributed by atoms with van der Waals surface area (Å²) in [6, 6.07) is 6.19. The highest BCUT2D eigenvalue weighted by Crippen LogP contribution is 2.21. The van der Waals surface area contributed by atoms with Gasteiger partial charge in [0, 0.05) is 37.8 Å². The molecule has 2 amide bonds. The highest BCUT2D eigenvalue weighted by molar-refractivity contribution is 7.89. The fourth-order valence-electron chi connectivity index (χ4n) is 3.92. The van der Waals surface area contributed by atoms with E-state index in [1.165, 1.54) is 10.4 Å². The molecular formula is C21H31N3O5S. The molecule has 1 N–H and O–H groups in total. The summed E-state index contributed by atoms with van der Waals surface area (Å²) < 4.78 is 32.5. The van der Waals surface area contributed by atoms with Crippen molar-refractivity contribution >= 4 is 22.0 Å². The summed E-state index contributed by atoms with van der Waals surface area (Å²) >= 11 is 0. The average Bonchev–Trinajstić information content (AvgIpc) is 3.05. The quantitative estimate of drug-likeness (QED) is 0.764. The van der Waals surface area contributed by atoms with Gasteiger partial charge in [-0.3, -0.25) is 4.79 Å². The molecule has 0 saturated carbocycles. The van der Waals surface area contributed by atoms with E-state index in [0.29, 0.717) is 51.2 Å². The zero-order valence-electron chi connectivity index (χ0n) is 17.5. The molecule has 1 aromatic rings. The third kappa shape index (κ3) is 5.51. The van der Waals surface area contributed by atoms with E-state index in [9.17, 15) is 18.0 Å². The molecule has 2 aliphatic rings. The Morgan fingerprint density at radius 1 is 1.07 bits per heavy atom. The van der Waals surface area contributed by atoms with Crippen molar-refractivity contribution in [1.82, 2.24) is 14.5 Å². The van der Waals surface area contributed by atoms with Crippen molar-refractivity contribution in [2.24, 2.45) is 0 Å². The van der Waals surface area contributed by atoms with Crippen LogP contribution in [0, 0.1) is 0 Å². The van der Waals surface area contributed by atoms with E-state index in [2.05, 4.69) is 5.32 Å². The molecule has 166 valence electrons. The van der Waals surface area contributed by atoms with Gasteiger partial charge < -0.3 is 15.0 Å². The zero-order valence-corrected chi connectivity index (χ0v) is 18.3. The minimum atomic E-state index is -3.60. The van der Waals surface area contributed by atoms with Gasteiger partial charge in [0.1, 0.15) is 0 Å². The van der Waals surface area contributed by atoms with Gasteiger partial charge in [0.15, 0.2) is 0 Å². The molecule has 30 heavy (non-hydrogen) atoms. The van der Waals surface area contributed by atoms with Crippen LogP contribution in [0.5, 0.6) is 0 Å². The van der Waals surface area contributed by atoms with Crippen LogP contribution in [0.4, 0.5) is 4.79 Å². The summed E-state index contributed by atoms with van der Waals surface area (Å²) in [7, 11) is -3.60. The highest BCUT2D eigenvalue weighted by Gasteiger charge is 2.27. The maximum Gasteiger partial charge on any atom is 0.409 e. The van der Waals surface area contributed by atoms with Crippen LogP contribution in [0.15, 0.2) is 29.2 Å². The molecule has 0 atom stereocenters. The van der Waals surface area contributed by atoms with E-state index >= 15 is 0 Å². The monoisotopic (exact) mass is 437 g/mol. The lowest BCUT2D eigenvalue weighted by Gasteiger charge is -2.31. The molecular weight excluding hydrogens is 406 g/mol. The fourth-order valence-corrected chi connectivity index (χ4v) is 5.48. The standard InChI is InChI=1S/C21H31N3O5S/c1-2-29-21(26)23-14-10-18(11-15-23)22-20(25)17-8-7-9-19(16-17)30(27,28)24-12-5-3-4-6-13-24/h7-9,16,18H,2-6,10-15H2,1H3,(H,22,25). The first-order valence-electron chi connectivity index (χ1n) is 10.7. The summed E-state index contributed by atoms with van der Waals surface area (Å²) in [5.74, 6) is -0.294. The van der Waals surface area contributed by atoms with Crippen molar-refractivity contribution in [2.45, 2.75) is 56.4 Å². The average molecular weight is 438 g/mol. The molecule has 2 heterocycles. The van der Waals surface area contributed by atoms with Crippen LogP contribution in [0.3, 0.4) is 0 Å². The molecule has 0 aliphatic carbocycles. The van der Waals surface area contributed by atoms with Gasteiger partial charge in [0.2, 0.25) is 10.0 Å². The normalized spacial score (nSPS) is 19.2. The fraction of sp³-hybridized carbons (Fsp3) is 0.619. The lowest BCUT2D eigenvalue weighted by molar-refractivity contribution is 0.0860. The maximum absolute atomic E-state index is 13.0. The number of carbonyl (C=O) groups excluding carboxylic acids is 2. The maximum atomic E-state index is 13.0. The molecule has 1 aromatic carbocycles. The molecule has 0 spiro atoms. The lowest BCUT2D eigenvalue weighted by Crippen LogP contribution is -2.46. The molecule has 8 nitrogen and oxygen atoms in total. The highest BCUT2D eigenvalue weighted by atomic mass is 32.2. The second-order valence-electron chi connectivity index (χ2n) is 7.78. The van der Waals surface area contributed by atoms with Crippen molar-refractivity contribution in [1.29, 1.82) is 0 Å². The molecule has 2 saturated heterocycles. The Labute approximate surface area is 178 Å². The Bertz CT molecular complexity index is 842. The Kier molecular flexibility index (Phi) is 7.71. The van der Waals surface area contributed by atoms with Crippen molar-refractivity contribution in [3.63, 3.8) is 0 Å². The van der Waals surface area contributed by atoms with Crippen LogP contribution in [0.2, 0.25) is 0 Å². The Morgan fingerprint density at radius 3 is 2.37 bits per heavy atom. The summed E-state index contributed by atoms with van der Waals surface area (Å²) in [5.41, 5.74) is 0.332. The number of amides is 2. The molecule has 0 radical (unpaired) electrons. The van der Waals surface area contributed by atoms with Crippen LogP contribution in [-0.4, -0.2) is 68.5 Å². The van der Waals surface area contributed by atoms with E-state index in [4.69, 9.17) is 4.74 Å². The van der Waals surface area contributed by atoms with E-state index in [1.54, 1.807) is 30.0 Å². The minimum absolute atomic E-state index is 0.0611. The van der Waals surface area contributed by atoms with E-state index in [0.717, 1.165) is 25.7 Å². The number of nitrogens with one attached hydrogen (secondary N) is 1. The van der Waals surface area contributed by atoms with Crippen LogP contribution in [-0.2, 0) is 14.8 Å². The molecule has 2 fully saturated rings. The number of likely N-dealkylation sites (tertiary alicyclic amines) is 1. The summed E-state index contributed by atoms with van der Waals surface area (Å²) in [6.45, 7) is 4.20. The minimum Gasteiger partial charge on any atom is -0.450 e. The second-order valence-corrected chi connectivity index (χ2v) is 9.72.